The van der Waals surface area contributed by atoms with Crippen LogP contribution in [0.25, 0.3) is 0 Å². The van der Waals surface area contributed by atoms with Crippen LogP contribution in [0.2, 0.25) is 0 Å². The number of hydrogen-bond donors (Lipinski definition) is 1. The van der Waals surface area contributed by atoms with Crippen LogP contribution in [-0.4, -0.2) is 37.0 Å². The van der Waals surface area contributed by atoms with Gasteiger partial charge in [-0.25, -0.2) is 0 Å². The van der Waals surface area contributed by atoms with Crippen LogP contribution >= 0.6 is 0 Å². The van der Waals surface area contributed by atoms with Gasteiger partial charge in [0.25, 0.3) is 0 Å². The fourth-order valence-corrected chi connectivity index (χ4v) is 4.12. The zero-order valence-corrected chi connectivity index (χ0v) is 14.3. The summed E-state index contributed by atoms with van der Waals surface area (Å²) in [6, 6.07) is 0. The van der Waals surface area contributed by atoms with Crippen LogP contribution in [0.15, 0.2) is 0 Å². The van der Waals surface area contributed by atoms with Gasteiger partial charge in [-0.3, -0.25) is 4.79 Å². The third-order valence-corrected chi connectivity index (χ3v) is 5.70. The molecule has 1 N–H and O–H groups in total. The summed E-state index contributed by atoms with van der Waals surface area (Å²) in [6.07, 6.45) is 8.71. The van der Waals surface area contributed by atoms with Crippen molar-refractivity contribution in [2.24, 2.45) is 17.3 Å². The van der Waals surface area contributed by atoms with Crippen molar-refractivity contribution in [3.05, 3.63) is 0 Å². The Balaban J connectivity index is 1.94. The molecule has 0 aromatic rings. The van der Waals surface area contributed by atoms with Crippen molar-refractivity contribution >= 4 is 5.91 Å². The number of piperidine rings is 1. The molecule has 3 heteroatoms. The van der Waals surface area contributed by atoms with Gasteiger partial charge in [-0.1, -0.05) is 33.6 Å². The summed E-state index contributed by atoms with van der Waals surface area (Å²) < 4.78 is 0. The Kier molecular flexibility index (Phi) is 6.09. The van der Waals surface area contributed by atoms with Crippen LogP contribution in [0.4, 0.5) is 0 Å². The first-order chi connectivity index (χ1) is 10.1. The normalized spacial score (nSPS) is 28.2. The molecule has 0 aliphatic carbocycles. The van der Waals surface area contributed by atoms with Gasteiger partial charge < -0.3 is 10.2 Å². The molecule has 2 saturated heterocycles. The molecule has 0 spiro atoms. The number of carbonyl (C=O) groups excluding carboxylic acids is 1. The third-order valence-electron chi connectivity index (χ3n) is 5.70. The Morgan fingerprint density at radius 2 is 2.00 bits per heavy atom. The molecule has 0 bridgehead atoms. The molecule has 2 fully saturated rings. The van der Waals surface area contributed by atoms with E-state index in [0.717, 1.165) is 32.1 Å². The van der Waals surface area contributed by atoms with E-state index in [4.69, 9.17) is 0 Å². The second-order valence-electron chi connectivity index (χ2n) is 7.64. The first-order valence-corrected chi connectivity index (χ1v) is 9.05. The van der Waals surface area contributed by atoms with Crippen molar-refractivity contribution in [3.8, 4) is 0 Å². The topological polar surface area (TPSA) is 32.3 Å². The van der Waals surface area contributed by atoms with Crippen molar-refractivity contribution in [2.45, 2.75) is 65.7 Å². The highest BCUT2D eigenvalue weighted by Crippen LogP contribution is 2.35. The predicted molar refractivity (Wildman–Crippen MR) is 88.2 cm³/mol. The number of carbonyl (C=O) groups is 1. The van der Waals surface area contributed by atoms with Gasteiger partial charge in [0.2, 0.25) is 5.91 Å². The minimum Gasteiger partial charge on any atom is -0.342 e. The van der Waals surface area contributed by atoms with Gasteiger partial charge >= 0.3 is 0 Å². The number of nitrogens with zero attached hydrogens (tertiary/aromatic N) is 1. The highest BCUT2D eigenvalue weighted by atomic mass is 16.2. The fourth-order valence-electron chi connectivity index (χ4n) is 4.12. The molecule has 1 amide bonds. The van der Waals surface area contributed by atoms with Gasteiger partial charge in [-0.05, 0) is 57.0 Å². The number of amides is 1. The fraction of sp³-hybridized carbons (Fsp3) is 0.944. The maximum absolute atomic E-state index is 13.0. The van der Waals surface area contributed by atoms with Crippen molar-refractivity contribution in [1.29, 1.82) is 0 Å². The maximum Gasteiger partial charge on any atom is 0.228 e. The van der Waals surface area contributed by atoms with Gasteiger partial charge in [0.15, 0.2) is 0 Å². The largest absolute Gasteiger partial charge is 0.342 e. The Hall–Kier alpha value is -0.570. The lowest BCUT2D eigenvalue weighted by atomic mass is 9.74. The second kappa shape index (κ2) is 7.62. The van der Waals surface area contributed by atoms with E-state index < -0.39 is 0 Å². The quantitative estimate of drug-likeness (QED) is 0.861. The van der Waals surface area contributed by atoms with Crippen LogP contribution < -0.4 is 5.32 Å². The standard InChI is InChI=1S/C18H34N2O/c1-4-7-15-8-6-12-20(13-10-15)17(21)18(2,3)16-9-5-11-19-14-16/h15-16,19H,4-14H2,1-3H3. The van der Waals surface area contributed by atoms with E-state index in [-0.39, 0.29) is 5.41 Å². The molecule has 0 aromatic carbocycles. The summed E-state index contributed by atoms with van der Waals surface area (Å²) in [5.74, 6) is 1.73. The molecule has 0 saturated carbocycles. The van der Waals surface area contributed by atoms with Crippen LogP contribution in [0.3, 0.4) is 0 Å². The number of nitrogens with one attached hydrogen (secondary N) is 1. The summed E-state index contributed by atoms with van der Waals surface area (Å²) in [4.78, 5) is 15.2. The van der Waals surface area contributed by atoms with E-state index in [9.17, 15) is 4.79 Å². The van der Waals surface area contributed by atoms with Crippen LogP contribution in [-0.2, 0) is 4.79 Å². The van der Waals surface area contributed by atoms with Gasteiger partial charge in [0, 0.05) is 18.5 Å². The minimum atomic E-state index is -0.210. The molecule has 2 aliphatic rings. The summed E-state index contributed by atoms with van der Waals surface area (Å²) in [7, 11) is 0. The van der Waals surface area contributed by atoms with E-state index in [1.807, 2.05) is 0 Å². The zero-order valence-electron chi connectivity index (χ0n) is 14.3. The van der Waals surface area contributed by atoms with Gasteiger partial charge in [0.1, 0.15) is 0 Å². The maximum atomic E-state index is 13.0. The van der Waals surface area contributed by atoms with E-state index in [1.165, 1.54) is 44.9 Å². The van der Waals surface area contributed by atoms with E-state index in [0.29, 0.717) is 11.8 Å². The molecule has 2 unspecified atom stereocenters. The van der Waals surface area contributed by atoms with Gasteiger partial charge in [-0.15, -0.1) is 0 Å². The molecule has 2 heterocycles. The molecule has 0 aromatic heterocycles. The van der Waals surface area contributed by atoms with Crippen LogP contribution in [0, 0.1) is 17.3 Å². The smallest absolute Gasteiger partial charge is 0.228 e. The van der Waals surface area contributed by atoms with E-state index in [2.05, 4.69) is 31.0 Å². The lowest BCUT2D eigenvalue weighted by Gasteiger charge is -2.39. The molecular weight excluding hydrogens is 260 g/mol. The average molecular weight is 294 g/mol. The SMILES string of the molecule is CCCC1CCCN(C(=O)C(C)(C)C2CCCNC2)CC1. The Labute approximate surface area is 130 Å². The van der Waals surface area contributed by atoms with E-state index >= 15 is 0 Å². The van der Waals surface area contributed by atoms with Crippen molar-refractivity contribution < 1.29 is 4.79 Å². The highest BCUT2D eigenvalue weighted by molar-refractivity contribution is 5.82. The molecule has 2 atom stereocenters. The van der Waals surface area contributed by atoms with Crippen molar-refractivity contribution in [3.63, 3.8) is 0 Å². The monoisotopic (exact) mass is 294 g/mol. The molecule has 0 radical (unpaired) electrons. The summed E-state index contributed by atoms with van der Waals surface area (Å²) in [5, 5.41) is 3.46. The molecule has 2 rings (SSSR count). The van der Waals surface area contributed by atoms with Crippen molar-refractivity contribution in [2.75, 3.05) is 26.2 Å². The first kappa shape index (κ1) is 16.8. The van der Waals surface area contributed by atoms with Crippen LogP contribution in [0.1, 0.15) is 65.7 Å². The predicted octanol–water partition coefficient (Wildman–Crippen LogP) is 3.44. The first-order valence-electron chi connectivity index (χ1n) is 9.05. The lowest BCUT2D eigenvalue weighted by Crippen LogP contribution is -2.49. The molecule has 3 nitrogen and oxygen atoms in total. The van der Waals surface area contributed by atoms with Gasteiger partial charge in [0.05, 0.1) is 0 Å². The Morgan fingerprint density at radius 1 is 1.19 bits per heavy atom. The summed E-state index contributed by atoms with van der Waals surface area (Å²) >= 11 is 0. The molecular formula is C18H34N2O. The Morgan fingerprint density at radius 3 is 2.67 bits per heavy atom. The highest BCUT2D eigenvalue weighted by Gasteiger charge is 2.40. The van der Waals surface area contributed by atoms with Crippen LogP contribution in [0.5, 0.6) is 0 Å². The van der Waals surface area contributed by atoms with E-state index in [1.54, 1.807) is 0 Å². The van der Waals surface area contributed by atoms with Crippen molar-refractivity contribution in [1.82, 2.24) is 10.2 Å². The zero-order chi connectivity index (χ0) is 15.3. The minimum absolute atomic E-state index is 0.210. The number of rotatable bonds is 4. The molecule has 122 valence electrons. The third kappa shape index (κ3) is 4.21. The number of likely N-dealkylation sites (tertiary alicyclic amines) is 1. The summed E-state index contributed by atoms with van der Waals surface area (Å²) in [6.45, 7) is 10.7. The lowest BCUT2D eigenvalue weighted by molar-refractivity contribution is -0.143. The molecule has 21 heavy (non-hydrogen) atoms. The second-order valence-corrected chi connectivity index (χ2v) is 7.64. The Bertz CT molecular complexity index is 334. The average Bonchev–Trinajstić information content (AvgIpc) is 2.73. The van der Waals surface area contributed by atoms with Gasteiger partial charge in [-0.2, -0.15) is 0 Å². The summed E-state index contributed by atoms with van der Waals surface area (Å²) in [5.41, 5.74) is -0.210. The number of hydrogen-bond acceptors (Lipinski definition) is 2. The molecule has 2 aliphatic heterocycles.